The maximum atomic E-state index is 14.1. The molecule has 1 saturated heterocycles. The summed E-state index contributed by atoms with van der Waals surface area (Å²) in [6.45, 7) is 10.2. The standard InChI is InChI=1S/C23H29FN4O/c1-16-13-27(9-8-25-16)14-22(29)28-15-23(2,3)19-12-26-18(11-21(19)28)10-17-6-4-5-7-20(17)24/h4-7,11-12,16,25H,8-10,13-15H2,1-3H3. The number of benzene rings is 1. The van der Waals surface area contributed by atoms with E-state index in [4.69, 9.17) is 0 Å². The van der Waals surface area contributed by atoms with Crippen LogP contribution in [0.4, 0.5) is 10.1 Å². The van der Waals surface area contributed by atoms with Crippen LogP contribution in [0.1, 0.15) is 37.6 Å². The molecule has 3 heterocycles. The van der Waals surface area contributed by atoms with Crippen LogP contribution in [0.5, 0.6) is 0 Å². The molecule has 5 nitrogen and oxygen atoms in total. The average Bonchev–Trinajstić information content (AvgIpc) is 2.94. The van der Waals surface area contributed by atoms with Gasteiger partial charge in [0.25, 0.3) is 0 Å². The molecule has 1 aromatic heterocycles. The maximum absolute atomic E-state index is 14.1. The van der Waals surface area contributed by atoms with E-state index in [9.17, 15) is 9.18 Å². The van der Waals surface area contributed by atoms with Gasteiger partial charge in [-0.1, -0.05) is 32.0 Å². The second-order valence-corrected chi connectivity index (χ2v) is 8.92. The number of amides is 1. The van der Waals surface area contributed by atoms with Crippen LogP contribution in [-0.2, 0) is 16.6 Å². The minimum atomic E-state index is -0.226. The van der Waals surface area contributed by atoms with Crippen LogP contribution in [0.15, 0.2) is 36.5 Å². The number of pyridine rings is 1. The van der Waals surface area contributed by atoms with E-state index >= 15 is 0 Å². The molecule has 0 aliphatic carbocycles. The van der Waals surface area contributed by atoms with Crippen LogP contribution in [0.3, 0.4) is 0 Å². The Labute approximate surface area is 171 Å². The van der Waals surface area contributed by atoms with Gasteiger partial charge in [-0.3, -0.25) is 14.7 Å². The fourth-order valence-corrected chi connectivity index (χ4v) is 4.39. The quantitative estimate of drug-likeness (QED) is 0.863. The molecule has 154 valence electrons. The van der Waals surface area contributed by atoms with Crippen molar-refractivity contribution in [2.45, 2.75) is 38.6 Å². The van der Waals surface area contributed by atoms with Gasteiger partial charge in [0.2, 0.25) is 5.91 Å². The molecular weight excluding hydrogens is 367 g/mol. The third kappa shape index (κ3) is 4.19. The summed E-state index contributed by atoms with van der Waals surface area (Å²) in [7, 11) is 0. The number of carbonyl (C=O) groups excluding carboxylic acids is 1. The second kappa shape index (κ2) is 7.84. The number of nitrogens with zero attached hydrogens (tertiary/aromatic N) is 3. The van der Waals surface area contributed by atoms with E-state index < -0.39 is 0 Å². The number of anilines is 1. The van der Waals surface area contributed by atoms with E-state index in [1.54, 1.807) is 12.1 Å². The summed E-state index contributed by atoms with van der Waals surface area (Å²) < 4.78 is 14.1. The molecule has 1 unspecified atom stereocenters. The number of aromatic nitrogens is 1. The molecule has 0 spiro atoms. The summed E-state index contributed by atoms with van der Waals surface area (Å²) in [5, 5.41) is 3.41. The van der Waals surface area contributed by atoms with E-state index in [-0.39, 0.29) is 17.1 Å². The van der Waals surface area contributed by atoms with Gasteiger partial charge in [0.05, 0.1) is 12.2 Å². The first kappa shape index (κ1) is 20.0. The summed E-state index contributed by atoms with van der Waals surface area (Å²) in [5.74, 6) is -0.107. The summed E-state index contributed by atoms with van der Waals surface area (Å²) >= 11 is 0. The molecule has 29 heavy (non-hydrogen) atoms. The van der Waals surface area contributed by atoms with Gasteiger partial charge in [-0.2, -0.15) is 0 Å². The van der Waals surface area contributed by atoms with Gasteiger partial charge in [-0.15, -0.1) is 0 Å². The van der Waals surface area contributed by atoms with Crippen molar-refractivity contribution in [3.8, 4) is 0 Å². The number of fused-ring (bicyclic) bond motifs is 1. The number of halogens is 1. The summed E-state index contributed by atoms with van der Waals surface area (Å²) in [6.07, 6.45) is 2.28. The number of nitrogens with one attached hydrogen (secondary N) is 1. The molecular formula is C23H29FN4O. The molecule has 1 fully saturated rings. The van der Waals surface area contributed by atoms with E-state index in [1.165, 1.54) is 6.07 Å². The Morgan fingerprint density at radius 3 is 2.90 bits per heavy atom. The van der Waals surface area contributed by atoms with Crippen molar-refractivity contribution in [2.24, 2.45) is 0 Å². The zero-order chi connectivity index (χ0) is 20.6. The van der Waals surface area contributed by atoms with Gasteiger partial charge in [0, 0.05) is 61.5 Å². The highest BCUT2D eigenvalue weighted by molar-refractivity contribution is 5.97. The molecule has 2 aromatic rings. The molecule has 1 aromatic carbocycles. The molecule has 1 amide bonds. The van der Waals surface area contributed by atoms with Crippen LogP contribution in [0, 0.1) is 5.82 Å². The Balaban J connectivity index is 1.57. The van der Waals surface area contributed by atoms with Crippen LogP contribution in [0.25, 0.3) is 0 Å². The van der Waals surface area contributed by atoms with Crippen LogP contribution >= 0.6 is 0 Å². The summed E-state index contributed by atoms with van der Waals surface area (Å²) in [4.78, 5) is 21.9. The third-order valence-electron chi connectivity index (χ3n) is 5.95. The van der Waals surface area contributed by atoms with Crippen molar-refractivity contribution >= 4 is 11.6 Å². The summed E-state index contributed by atoms with van der Waals surface area (Å²) in [5.41, 5.74) is 3.25. The van der Waals surface area contributed by atoms with Crippen molar-refractivity contribution in [1.29, 1.82) is 0 Å². The highest BCUT2D eigenvalue weighted by atomic mass is 19.1. The SMILES string of the molecule is CC1CN(CC(=O)N2CC(C)(C)c3cnc(Cc4ccccc4F)cc32)CCN1. The molecule has 1 N–H and O–H groups in total. The summed E-state index contributed by atoms with van der Waals surface area (Å²) in [6, 6.07) is 9.14. The lowest BCUT2D eigenvalue weighted by molar-refractivity contribution is -0.120. The predicted molar refractivity (Wildman–Crippen MR) is 113 cm³/mol. The number of carbonyl (C=O) groups is 1. The molecule has 2 aliphatic rings. The monoisotopic (exact) mass is 396 g/mol. The molecule has 1 atom stereocenters. The highest BCUT2D eigenvalue weighted by Crippen LogP contribution is 2.40. The third-order valence-corrected chi connectivity index (χ3v) is 5.95. The van der Waals surface area contributed by atoms with Crippen LogP contribution in [-0.4, -0.2) is 54.6 Å². The van der Waals surface area contributed by atoms with Crippen molar-refractivity contribution < 1.29 is 9.18 Å². The molecule has 4 rings (SSSR count). The topological polar surface area (TPSA) is 48.5 Å². The molecule has 0 saturated carbocycles. The van der Waals surface area contributed by atoms with Gasteiger partial charge < -0.3 is 10.2 Å². The molecule has 2 aliphatic heterocycles. The van der Waals surface area contributed by atoms with Gasteiger partial charge in [-0.05, 0) is 24.6 Å². The van der Waals surface area contributed by atoms with E-state index in [0.29, 0.717) is 31.1 Å². The smallest absolute Gasteiger partial charge is 0.241 e. The van der Waals surface area contributed by atoms with Crippen molar-refractivity contribution in [3.05, 3.63) is 59.2 Å². The van der Waals surface area contributed by atoms with Crippen molar-refractivity contribution in [2.75, 3.05) is 37.6 Å². The van der Waals surface area contributed by atoms with Crippen LogP contribution in [0.2, 0.25) is 0 Å². The lowest BCUT2D eigenvalue weighted by Crippen LogP contribution is -2.52. The predicted octanol–water partition coefficient (Wildman–Crippen LogP) is 2.73. The lowest BCUT2D eigenvalue weighted by Gasteiger charge is -2.32. The second-order valence-electron chi connectivity index (χ2n) is 8.92. The Kier molecular flexibility index (Phi) is 5.40. The van der Waals surface area contributed by atoms with E-state index in [2.05, 4.69) is 36.0 Å². The number of hydrogen-bond acceptors (Lipinski definition) is 4. The zero-order valence-corrected chi connectivity index (χ0v) is 17.4. The Hall–Kier alpha value is -2.31. The molecule has 0 radical (unpaired) electrons. The highest BCUT2D eigenvalue weighted by Gasteiger charge is 2.39. The fraction of sp³-hybridized carbons (Fsp3) is 0.478. The van der Waals surface area contributed by atoms with Crippen molar-refractivity contribution in [1.82, 2.24) is 15.2 Å². The normalized spacial score (nSPS) is 21.2. The minimum absolute atomic E-state index is 0.119. The number of hydrogen-bond donors (Lipinski definition) is 1. The first-order chi connectivity index (χ1) is 13.8. The Morgan fingerprint density at radius 1 is 1.34 bits per heavy atom. The molecule has 0 bridgehead atoms. The van der Waals surface area contributed by atoms with E-state index in [0.717, 1.165) is 36.6 Å². The van der Waals surface area contributed by atoms with Crippen LogP contribution < -0.4 is 10.2 Å². The van der Waals surface area contributed by atoms with Crippen molar-refractivity contribution in [3.63, 3.8) is 0 Å². The average molecular weight is 397 g/mol. The van der Waals surface area contributed by atoms with Gasteiger partial charge in [0.15, 0.2) is 0 Å². The van der Waals surface area contributed by atoms with Gasteiger partial charge >= 0.3 is 0 Å². The Bertz CT molecular complexity index is 914. The number of piperazine rings is 1. The van der Waals surface area contributed by atoms with Gasteiger partial charge in [0.1, 0.15) is 5.82 Å². The minimum Gasteiger partial charge on any atom is -0.312 e. The Morgan fingerprint density at radius 2 is 2.14 bits per heavy atom. The largest absolute Gasteiger partial charge is 0.312 e. The first-order valence-corrected chi connectivity index (χ1v) is 10.3. The zero-order valence-electron chi connectivity index (χ0n) is 17.4. The lowest BCUT2D eigenvalue weighted by atomic mass is 9.88. The first-order valence-electron chi connectivity index (χ1n) is 10.3. The maximum Gasteiger partial charge on any atom is 0.241 e. The van der Waals surface area contributed by atoms with E-state index in [1.807, 2.05) is 23.2 Å². The molecule has 6 heteroatoms. The van der Waals surface area contributed by atoms with Gasteiger partial charge in [-0.25, -0.2) is 4.39 Å². The fourth-order valence-electron chi connectivity index (χ4n) is 4.39. The number of rotatable bonds is 4.